The molecule has 0 saturated heterocycles. The Bertz CT molecular complexity index is 639. The van der Waals surface area contributed by atoms with Crippen molar-refractivity contribution in [3.63, 3.8) is 0 Å². The largest absolute Gasteiger partial charge is 0.454 e. The van der Waals surface area contributed by atoms with Gasteiger partial charge in [-0.1, -0.05) is 60.2 Å². The number of hydrogen-bond donors (Lipinski definition) is 0. The monoisotopic (exact) mass is 264 g/mol. The van der Waals surface area contributed by atoms with Crippen LogP contribution >= 0.6 is 0 Å². The summed E-state index contributed by atoms with van der Waals surface area (Å²) >= 11 is 0. The number of hydrogen-bond acceptors (Lipinski definition) is 2. The SMILES string of the molecule is Cc1ccc([C@H]2CC(c3ccccc3)=CC(=O)O2)cc1. The first-order chi connectivity index (χ1) is 9.72. The summed E-state index contributed by atoms with van der Waals surface area (Å²) in [6.45, 7) is 2.05. The molecule has 2 aromatic rings. The van der Waals surface area contributed by atoms with E-state index in [2.05, 4.69) is 0 Å². The van der Waals surface area contributed by atoms with Gasteiger partial charge in [-0.15, -0.1) is 0 Å². The molecule has 0 aliphatic carbocycles. The zero-order valence-corrected chi connectivity index (χ0v) is 11.4. The van der Waals surface area contributed by atoms with Gasteiger partial charge in [-0.3, -0.25) is 0 Å². The van der Waals surface area contributed by atoms with Crippen LogP contribution in [-0.2, 0) is 9.53 Å². The molecular formula is C18H16O2. The zero-order chi connectivity index (χ0) is 13.9. The molecule has 0 bridgehead atoms. The number of carbonyl (C=O) groups excluding carboxylic acids is 1. The summed E-state index contributed by atoms with van der Waals surface area (Å²) in [7, 11) is 0. The molecule has 2 heteroatoms. The highest BCUT2D eigenvalue weighted by Gasteiger charge is 2.23. The Morgan fingerprint density at radius 3 is 2.40 bits per heavy atom. The number of rotatable bonds is 2. The first kappa shape index (κ1) is 12.7. The van der Waals surface area contributed by atoms with E-state index in [1.807, 2.05) is 61.5 Å². The highest BCUT2D eigenvalue weighted by Crippen LogP contribution is 2.34. The number of cyclic esters (lactones) is 1. The number of esters is 1. The van der Waals surface area contributed by atoms with Crippen molar-refractivity contribution in [2.45, 2.75) is 19.4 Å². The van der Waals surface area contributed by atoms with E-state index in [1.165, 1.54) is 5.56 Å². The van der Waals surface area contributed by atoms with Crippen LogP contribution in [0.15, 0.2) is 60.7 Å². The highest BCUT2D eigenvalue weighted by atomic mass is 16.5. The van der Waals surface area contributed by atoms with Crippen LogP contribution in [0, 0.1) is 6.92 Å². The molecular weight excluding hydrogens is 248 g/mol. The quantitative estimate of drug-likeness (QED) is 0.764. The van der Waals surface area contributed by atoms with Crippen molar-refractivity contribution in [3.05, 3.63) is 77.4 Å². The van der Waals surface area contributed by atoms with E-state index in [1.54, 1.807) is 6.08 Å². The van der Waals surface area contributed by atoms with Crippen molar-refractivity contribution in [2.75, 3.05) is 0 Å². The van der Waals surface area contributed by atoms with Crippen molar-refractivity contribution in [3.8, 4) is 0 Å². The van der Waals surface area contributed by atoms with Crippen molar-refractivity contribution < 1.29 is 9.53 Å². The minimum absolute atomic E-state index is 0.191. The third-order valence-electron chi connectivity index (χ3n) is 3.55. The van der Waals surface area contributed by atoms with Crippen LogP contribution in [0.3, 0.4) is 0 Å². The molecule has 2 aromatic carbocycles. The van der Waals surface area contributed by atoms with Gasteiger partial charge >= 0.3 is 5.97 Å². The fourth-order valence-corrected chi connectivity index (χ4v) is 2.44. The van der Waals surface area contributed by atoms with Crippen LogP contribution in [0.25, 0.3) is 5.57 Å². The molecule has 0 N–H and O–H groups in total. The summed E-state index contributed by atoms with van der Waals surface area (Å²) in [5.74, 6) is -0.263. The second-order valence-corrected chi connectivity index (χ2v) is 5.08. The predicted octanol–water partition coefficient (Wildman–Crippen LogP) is 4.07. The predicted molar refractivity (Wildman–Crippen MR) is 79.0 cm³/mol. The average Bonchev–Trinajstić information content (AvgIpc) is 2.48. The van der Waals surface area contributed by atoms with E-state index < -0.39 is 0 Å². The summed E-state index contributed by atoms with van der Waals surface area (Å²) in [6.07, 6.45) is 2.13. The van der Waals surface area contributed by atoms with Crippen molar-refractivity contribution in [1.29, 1.82) is 0 Å². The zero-order valence-electron chi connectivity index (χ0n) is 11.4. The number of benzene rings is 2. The molecule has 1 atom stereocenters. The molecule has 0 spiro atoms. The molecule has 0 saturated carbocycles. The van der Waals surface area contributed by atoms with Gasteiger partial charge in [-0.2, -0.15) is 0 Å². The Morgan fingerprint density at radius 2 is 1.70 bits per heavy atom. The van der Waals surface area contributed by atoms with Crippen LogP contribution in [0.4, 0.5) is 0 Å². The lowest BCUT2D eigenvalue weighted by atomic mass is 9.94. The van der Waals surface area contributed by atoms with Crippen LogP contribution < -0.4 is 0 Å². The van der Waals surface area contributed by atoms with Crippen LogP contribution in [0.1, 0.15) is 29.2 Å². The molecule has 20 heavy (non-hydrogen) atoms. The first-order valence-corrected chi connectivity index (χ1v) is 6.75. The van der Waals surface area contributed by atoms with E-state index in [0.717, 1.165) is 23.1 Å². The Kier molecular flexibility index (Phi) is 3.38. The molecule has 0 aromatic heterocycles. The lowest BCUT2D eigenvalue weighted by Gasteiger charge is -2.23. The summed E-state index contributed by atoms with van der Waals surface area (Å²) in [5.41, 5.74) is 4.37. The van der Waals surface area contributed by atoms with E-state index >= 15 is 0 Å². The number of ether oxygens (including phenoxy) is 1. The normalized spacial score (nSPS) is 18.4. The molecule has 100 valence electrons. The van der Waals surface area contributed by atoms with Gasteiger partial charge in [0.15, 0.2) is 0 Å². The summed E-state index contributed by atoms with van der Waals surface area (Å²) in [5, 5.41) is 0. The summed E-state index contributed by atoms with van der Waals surface area (Å²) < 4.78 is 5.45. The Labute approximate surface area is 118 Å². The van der Waals surface area contributed by atoms with Gasteiger partial charge in [0, 0.05) is 12.5 Å². The fourth-order valence-electron chi connectivity index (χ4n) is 2.44. The second kappa shape index (κ2) is 5.33. The average molecular weight is 264 g/mol. The molecule has 0 amide bonds. The number of carbonyl (C=O) groups is 1. The smallest absolute Gasteiger partial charge is 0.331 e. The van der Waals surface area contributed by atoms with Gasteiger partial charge < -0.3 is 4.74 Å². The van der Waals surface area contributed by atoms with Gasteiger partial charge in [0.25, 0.3) is 0 Å². The maximum atomic E-state index is 11.8. The second-order valence-electron chi connectivity index (χ2n) is 5.08. The molecule has 1 heterocycles. The molecule has 2 nitrogen and oxygen atoms in total. The van der Waals surface area contributed by atoms with Gasteiger partial charge in [0.1, 0.15) is 6.10 Å². The Morgan fingerprint density at radius 1 is 1.00 bits per heavy atom. The van der Waals surface area contributed by atoms with E-state index in [0.29, 0.717) is 0 Å². The Balaban J connectivity index is 1.89. The fraction of sp³-hybridized carbons (Fsp3) is 0.167. The van der Waals surface area contributed by atoms with E-state index in [9.17, 15) is 4.79 Å². The summed E-state index contributed by atoms with van der Waals surface area (Å²) in [4.78, 5) is 11.8. The minimum atomic E-state index is -0.263. The molecule has 3 rings (SSSR count). The van der Waals surface area contributed by atoms with Gasteiger partial charge in [0.2, 0.25) is 0 Å². The van der Waals surface area contributed by atoms with Crippen molar-refractivity contribution in [1.82, 2.24) is 0 Å². The van der Waals surface area contributed by atoms with Crippen molar-refractivity contribution >= 4 is 11.5 Å². The molecule has 0 fully saturated rings. The van der Waals surface area contributed by atoms with Crippen LogP contribution in [-0.4, -0.2) is 5.97 Å². The van der Waals surface area contributed by atoms with Crippen LogP contribution in [0.5, 0.6) is 0 Å². The molecule has 0 unspecified atom stereocenters. The van der Waals surface area contributed by atoms with Gasteiger partial charge in [0.05, 0.1) is 0 Å². The highest BCUT2D eigenvalue weighted by molar-refractivity contribution is 5.93. The maximum absolute atomic E-state index is 11.8. The van der Waals surface area contributed by atoms with Gasteiger partial charge in [-0.25, -0.2) is 4.79 Å². The first-order valence-electron chi connectivity index (χ1n) is 6.75. The molecule has 1 aliphatic rings. The molecule has 1 aliphatic heterocycles. The minimum Gasteiger partial charge on any atom is -0.454 e. The maximum Gasteiger partial charge on any atom is 0.331 e. The van der Waals surface area contributed by atoms with E-state index in [4.69, 9.17) is 4.74 Å². The third kappa shape index (κ3) is 2.64. The number of aryl methyl sites for hydroxylation is 1. The summed E-state index contributed by atoms with van der Waals surface area (Å²) in [6, 6.07) is 18.1. The van der Waals surface area contributed by atoms with Crippen molar-refractivity contribution in [2.24, 2.45) is 0 Å². The lowest BCUT2D eigenvalue weighted by Crippen LogP contribution is -2.15. The molecule has 0 radical (unpaired) electrons. The Hall–Kier alpha value is -2.35. The van der Waals surface area contributed by atoms with Crippen LogP contribution in [0.2, 0.25) is 0 Å². The third-order valence-corrected chi connectivity index (χ3v) is 3.55. The lowest BCUT2D eigenvalue weighted by molar-refractivity contribution is -0.144. The topological polar surface area (TPSA) is 26.3 Å². The standard InChI is InChI=1S/C18H16O2/c1-13-7-9-15(10-8-13)17-11-16(12-18(19)20-17)14-5-3-2-4-6-14/h2-10,12,17H,11H2,1H3/t17-/m1/s1. The van der Waals surface area contributed by atoms with Gasteiger partial charge in [-0.05, 0) is 23.6 Å². The van der Waals surface area contributed by atoms with E-state index in [-0.39, 0.29) is 12.1 Å².